The van der Waals surface area contributed by atoms with E-state index in [2.05, 4.69) is 7.28 Å². The third kappa shape index (κ3) is 2.11. The quantitative estimate of drug-likeness (QED) is 0.595. The van der Waals surface area contributed by atoms with E-state index < -0.39 is 12.2 Å². The molecular weight excluding hydrogens is 183 g/mol. The van der Waals surface area contributed by atoms with Crippen LogP contribution in [0.25, 0.3) is 0 Å². The summed E-state index contributed by atoms with van der Waals surface area (Å²) in [5, 5.41) is 18.6. The maximum Gasteiger partial charge on any atom is 0.115 e. The van der Waals surface area contributed by atoms with Gasteiger partial charge in [-0.3, -0.25) is 0 Å². The monoisotopic (exact) mass is 199 g/mol. The van der Waals surface area contributed by atoms with Crippen molar-refractivity contribution in [2.24, 2.45) is 0 Å². The summed E-state index contributed by atoms with van der Waals surface area (Å²) in [7, 11) is 2.18. The molecule has 2 heterocycles. The minimum Gasteiger partial charge on any atom is -0.394 e. The summed E-state index contributed by atoms with van der Waals surface area (Å²) in [5.41, 5.74) is 0. The molecule has 2 N–H and O–H groups in total. The molecule has 1 radical (unpaired) electrons. The lowest BCUT2D eigenvalue weighted by Gasteiger charge is -2.18. The lowest BCUT2D eigenvalue weighted by Crippen LogP contribution is -2.35. The molecule has 5 heteroatoms. The zero-order valence-corrected chi connectivity index (χ0v) is 8.30. The molecule has 2 unspecified atom stereocenters. The molecule has 0 aromatic carbocycles. The lowest BCUT2D eigenvalue weighted by molar-refractivity contribution is -0.0303. The van der Waals surface area contributed by atoms with Crippen molar-refractivity contribution in [3.05, 3.63) is 0 Å². The Morgan fingerprint density at radius 3 is 2.79 bits per heavy atom. The fourth-order valence-electron chi connectivity index (χ4n) is 1.78. The average molecular weight is 199 g/mol. The lowest BCUT2D eigenvalue weighted by atomic mass is 10.0. The SMILES string of the molecule is C[C@@H]1O[C@H](CO)[C@H](O)C1OCC1[B]C1. The van der Waals surface area contributed by atoms with Crippen LogP contribution >= 0.6 is 0 Å². The summed E-state index contributed by atoms with van der Waals surface area (Å²) in [6.07, 6.45) is -0.504. The molecule has 0 bridgehead atoms. The molecule has 4 nitrogen and oxygen atoms in total. The van der Waals surface area contributed by atoms with Crippen molar-refractivity contribution in [3.63, 3.8) is 0 Å². The van der Waals surface area contributed by atoms with Gasteiger partial charge in [0.2, 0.25) is 0 Å². The van der Waals surface area contributed by atoms with Gasteiger partial charge in [-0.05, 0) is 6.92 Å². The van der Waals surface area contributed by atoms with E-state index in [0.717, 1.165) is 6.32 Å². The van der Waals surface area contributed by atoms with Crippen molar-refractivity contribution in [3.8, 4) is 0 Å². The fraction of sp³-hybridized carbons (Fsp3) is 1.00. The molecule has 2 fully saturated rings. The van der Waals surface area contributed by atoms with Gasteiger partial charge in [0.05, 0.1) is 12.7 Å². The Hall–Kier alpha value is -0.0951. The standard InChI is InChI=1S/C9H16BO4/c1-5-9(13-4-6-2-10-6)8(12)7(3-11)14-5/h5-9,11-12H,2-4H2,1H3/t5-,6?,7+,8-,9?/m0/s1. The third-order valence-corrected chi connectivity index (χ3v) is 2.82. The van der Waals surface area contributed by atoms with E-state index in [4.69, 9.17) is 14.6 Å². The summed E-state index contributed by atoms with van der Waals surface area (Å²) in [6.45, 7) is 2.37. The third-order valence-electron chi connectivity index (χ3n) is 2.82. The van der Waals surface area contributed by atoms with Gasteiger partial charge in [-0.25, -0.2) is 0 Å². The molecule has 0 aliphatic carbocycles. The molecule has 0 amide bonds. The minimum absolute atomic E-state index is 0.138. The molecule has 2 rings (SSSR count). The number of aliphatic hydroxyl groups is 2. The second-order valence-corrected chi connectivity index (χ2v) is 4.08. The fourth-order valence-corrected chi connectivity index (χ4v) is 1.78. The van der Waals surface area contributed by atoms with Crippen LogP contribution in [0.3, 0.4) is 0 Å². The van der Waals surface area contributed by atoms with Crippen molar-refractivity contribution in [1.29, 1.82) is 0 Å². The second-order valence-electron chi connectivity index (χ2n) is 4.08. The minimum atomic E-state index is -0.700. The molecule has 2 aliphatic rings. The number of hydrogen-bond donors (Lipinski definition) is 2. The van der Waals surface area contributed by atoms with Gasteiger partial charge in [0.1, 0.15) is 25.6 Å². The molecule has 0 aromatic heterocycles. The summed E-state index contributed by atoms with van der Waals surface area (Å²) in [4.78, 5) is 0. The van der Waals surface area contributed by atoms with E-state index in [1.807, 2.05) is 6.92 Å². The van der Waals surface area contributed by atoms with Crippen LogP contribution in [-0.2, 0) is 9.47 Å². The van der Waals surface area contributed by atoms with Crippen molar-refractivity contribution in [2.75, 3.05) is 13.2 Å². The van der Waals surface area contributed by atoms with Crippen molar-refractivity contribution >= 4 is 7.28 Å². The number of aliphatic hydroxyl groups excluding tert-OH is 2. The summed E-state index contributed by atoms with van der Waals surface area (Å²) in [6, 6.07) is 0. The first-order valence-electron chi connectivity index (χ1n) is 5.11. The highest BCUT2D eigenvalue weighted by atomic mass is 16.6. The van der Waals surface area contributed by atoms with Crippen LogP contribution in [0.1, 0.15) is 6.92 Å². The summed E-state index contributed by atoms with van der Waals surface area (Å²) >= 11 is 0. The number of hydrogen-bond acceptors (Lipinski definition) is 4. The van der Waals surface area contributed by atoms with Gasteiger partial charge < -0.3 is 19.7 Å². The predicted molar refractivity (Wildman–Crippen MR) is 51.5 cm³/mol. The van der Waals surface area contributed by atoms with Gasteiger partial charge in [0, 0.05) is 6.61 Å². The molecule has 0 saturated carbocycles. The Labute approximate surface area is 84.4 Å². The van der Waals surface area contributed by atoms with Crippen LogP contribution < -0.4 is 0 Å². The second kappa shape index (κ2) is 4.19. The Balaban J connectivity index is 1.82. The van der Waals surface area contributed by atoms with Gasteiger partial charge in [-0.15, -0.1) is 0 Å². The van der Waals surface area contributed by atoms with Gasteiger partial charge >= 0.3 is 0 Å². The highest BCUT2D eigenvalue weighted by molar-refractivity contribution is 6.50. The molecular formula is C9H16BO4. The smallest absolute Gasteiger partial charge is 0.115 e. The Morgan fingerprint density at radius 1 is 1.57 bits per heavy atom. The van der Waals surface area contributed by atoms with E-state index in [-0.39, 0.29) is 18.8 Å². The molecule has 2 aliphatic heterocycles. The largest absolute Gasteiger partial charge is 0.394 e. The zero-order valence-electron chi connectivity index (χ0n) is 8.30. The topological polar surface area (TPSA) is 58.9 Å². The summed E-state index contributed by atoms with van der Waals surface area (Å²) < 4.78 is 10.9. The number of rotatable bonds is 4. The maximum atomic E-state index is 9.73. The molecule has 0 spiro atoms. The Morgan fingerprint density at radius 2 is 2.29 bits per heavy atom. The summed E-state index contributed by atoms with van der Waals surface area (Å²) in [5.74, 6) is 0.558. The zero-order chi connectivity index (χ0) is 10.1. The van der Waals surface area contributed by atoms with E-state index in [9.17, 15) is 5.11 Å². The normalized spacial score (nSPS) is 46.4. The first kappa shape index (κ1) is 10.4. The van der Waals surface area contributed by atoms with Crippen LogP contribution in [0, 0.1) is 0 Å². The van der Waals surface area contributed by atoms with Gasteiger partial charge in [0.25, 0.3) is 0 Å². The van der Waals surface area contributed by atoms with E-state index in [0.29, 0.717) is 12.4 Å². The van der Waals surface area contributed by atoms with Crippen molar-refractivity contribution in [2.45, 2.75) is 43.5 Å². The molecule has 0 aromatic rings. The van der Waals surface area contributed by atoms with Crippen LogP contribution in [0.2, 0.25) is 12.1 Å². The van der Waals surface area contributed by atoms with Crippen molar-refractivity contribution in [1.82, 2.24) is 0 Å². The molecule has 14 heavy (non-hydrogen) atoms. The maximum absolute atomic E-state index is 9.73. The molecule has 79 valence electrons. The van der Waals surface area contributed by atoms with Crippen molar-refractivity contribution < 1.29 is 19.7 Å². The van der Waals surface area contributed by atoms with E-state index >= 15 is 0 Å². The van der Waals surface area contributed by atoms with Crippen LogP contribution in [-0.4, -0.2) is 55.1 Å². The van der Waals surface area contributed by atoms with Gasteiger partial charge in [-0.1, -0.05) is 12.1 Å². The Kier molecular flexibility index (Phi) is 3.12. The highest BCUT2D eigenvalue weighted by Crippen LogP contribution is 2.30. The van der Waals surface area contributed by atoms with E-state index in [1.165, 1.54) is 0 Å². The molecule has 2 saturated heterocycles. The highest BCUT2D eigenvalue weighted by Gasteiger charge is 2.42. The number of ether oxygens (including phenoxy) is 2. The molecule has 5 atom stereocenters. The first-order chi connectivity index (χ1) is 6.72. The van der Waals surface area contributed by atoms with E-state index in [1.54, 1.807) is 0 Å². The van der Waals surface area contributed by atoms with Crippen LogP contribution in [0.5, 0.6) is 0 Å². The van der Waals surface area contributed by atoms with Crippen LogP contribution in [0.4, 0.5) is 0 Å². The van der Waals surface area contributed by atoms with Crippen LogP contribution in [0.15, 0.2) is 0 Å². The average Bonchev–Trinajstić information content (AvgIpc) is 2.93. The van der Waals surface area contributed by atoms with Gasteiger partial charge in [-0.2, -0.15) is 0 Å². The Bertz CT molecular complexity index is 197. The predicted octanol–water partition coefficient (Wildman–Crippen LogP) is -0.563. The van der Waals surface area contributed by atoms with Gasteiger partial charge in [0.15, 0.2) is 0 Å². The first-order valence-corrected chi connectivity index (χ1v) is 5.11.